The van der Waals surface area contributed by atoms with Gasteiger partial charge in [-0.25, -0.2) is 4.79 Å². The van der Waals surface area contributed by atoms with E-state index in [1.807, 2.05) is 0 Å². The molecule has 1 aliphatic carbocycles. The first-order valence-electron chi connectivity index (χ1n) is 7.22. The summed E-state index contributed by atoms with van der Waals surface area (Å²) in [5.74, 6) is -0.929. The molecule has 1 saturated carbocycles. The van der Waals surface area contributed by atoms with E-state index in [1.54, 1.807) is 19.1 Å². The Bertz CT molecular complexity index is 549. The van der Waals surface area contributed by atoms with Crippen LogP contribution in [0.4, 0.5) is 11.4 Å². The zero-order chi connectivity index (χ0) is 15.5. The van der Waals surface area contributed by atoms with Gasteiger partial charge in [0.2, 0.25) is 0 Å². The van der Waals surface area contributed by atoms with Gasteiger partial charge in [-0.1, -0.05) is 37.8 Å². The lowest BCUT2D eigenvalue weighted by atomic mass is 9.89. The minimum Gasteiger partial charge on any atom is -0.480 e. The number of hydrogen-bond donors (Lipinski definition) is 2. The van der Waals surface area contributed by atoms with Gasteiger partial charge in [0, 0.05) is 6.07 Å². The molecule has 6 heteroatoms. The SMILES string of the molecule is Cc1cccc([N+](=O)[O-])c1NC1(C(=O)O)CCCCCC1. The monoisotopic (exact) mass is 292 g/mol. The van der Waals surface area contributed by atoms with Crippen LogP contribution in [0.2, 0.25) is 0 Å². The molecule has 0 aliphatic heterocycles. The van der Waals surface area contributed by atoms with Crippen molar-refractivity contribution in [2.45, 2.75) is 51.0 Å². The van der Waals surface area contributed by atoms with Gasteiger partial charge in [0.15, 0.2) is 0 Å². The van der Waals surface area contributed by atoms with E-state index in [-0.39, 0.29) is 5.69 Å². The molecule has 0 bridgehead atoms. The van der Waals surface area contributed by atoms with Crippen LogP contribution in [-0.2, 0) is 4.79 Å². The lowest BCUT2D eigenvalue weighted by Crippen LogP contribution is -2.46. The number of nitrogens with zero attached hydrogens (tertiary/aromatic N) is 1. The number of aryl methyl sites for hydroxylation is 1. The van der Waals surface area contributed by atoms with Crippen molar-refractivity contribution < 1.29 is 14.8 Å². The van der Waals surface area contributed by atoms with Crippen molar-refractivity contribution in [1.29, 1.82) is 0 Å². The maximum Gasteiger partial charge on any atom is 0.329 e. The fourth-order valence-corrected chi connectivity index (χ4v) is 2.93. The van der Waals surface area contributed by atoms with E-state index in [0.717, 1.165) is 25.7 Å². The van der Waals surface area contributed by atoms with Gasteiger partial charge in [-0.3, -0.25) is 10.1 Å². The molecule has 2 N–H and O–H groups in total. The zero-order valence-corrected chi connectivity index (χ0v) is 12.1. The van der Waals surface area contributed by atoms with E-state index >= 15 is 0 Å². The Balaban J connectivity index is 2.42. The maximum atomic E-state index is 11.8. The number of hydrogen-bond acceptors (Lipinski definition) is 4. The smallest absolute Gasteiger partial charge is 0.329 e. The standard InChI is InChI=1S/C15H20N2O4/c1-11-7-6-8-12(17(20)21)13(11)16-15(14(18)19)9-4-2-3-5-10-15/h6-8,16H,2-5,9-10H2,1H3,(H,18,19). The molecule has 0 radical (unpaired) electrons. The molecule has 0 aromatic heterocycles. The van der Waals surface area contributed by atoms with Crippen LogP contribution in [0.25, 0.3) is 0 Å². The second-order valence-electron chi connectivity index (χ2n) is 5.65. The summed E-state index contributed by atoms with van der Waals surface area (Å²) in [4.78, 5) is 22.5. The molecular formula is C15H20N2O4. The van der Waals surface area contributed by atoms with E-state index in [4.69, 9.17) is 0 Å². The highest BCUT2D eigenvalue weighted by molar-refractivity contribution is 5.84. The largest absolute Gasteiger partial charge is 0.480 e. The summed E-state index contributed by atoms with van der Waals surface area (Å²) in [5, 5.41) is 23.8. The fraction of sp³-hybridized carbons (Fsp3) is 0.533. The summed E-state index contributed by atoms with van der Waals surface area (Å²) >= 11 is 0. The normalized spacial score (nSPS) is 17.8. The first kappa shape index (κ1) is 15.3. The van der Waals surface area contributed by atoms with Crippen molar-refractivity contribution in [3.05, 3.63) is 33.9 Å². The van der Waals surface area contributed by atoms with Crippen molar-refractivity contribution >= 4 is 17.3 Å². The fourth-order valence-electron chi connectivity index (χ4n) is 2.93. The molecular weight excluding hydrogens is 272 g/mol. The molecule has 0 heterocycles. The minimum atomic E-state index is -1.10. The molecule has 0 atom stereocenters. The number of rotatable bonds is 4. The van der Waals surface area contributed by atoms with Gasteiger partial charge in [0.05, 0.1) is 4.92 Å². The predicted octanol–water partition coefficient (Wildman–Crippen LogP) is 3.49. The third-order valence-electron chi connectivity index (χ3n) is 4.18. The summed E-state index contributed by atoms with van der Waals surface area (Å²) < 4.78 is 0. The summed E-state index contributed by atoms with van der Waals surface area (Å²) in [6, 6.07) is 4.77. The number of carbonyl (C=O) groups is 1. The van der Waals surface area contributed by atoms with Crippen LogP contribution in [0.1, 0.15) is 44.1 Å². The van der Waals surface area contributed by atoms with Crippen LogP contribution >= 0.6 is 0 Å². The van der Waals surface area contributed by atoms with Gasteiger partial charge >= 0.3 is 5.97 Å². The number of carboxylic acid groups (broad SMARTS) is 1. The highest BCUT2D eigenvalue weighted by Crippen LogP contribution is 2.36. The number of benzene rings is 1. The second-order valence-corrected chi connectivity index (χ2v) is 5.65. The molecule has 1 fully saturated rings. The number of nitro groups is 1. The zero-order valence-electron chi connectivity index (χ0n) is 12.1. The van der Waals surface area contributed by atoms with Gasteiger partial charge < -0.3 is 10.4 Å². The van der Waals surface area contributed by atoms with Gasteiger partial charge in [0.25, 0.3) is 5.69 Å². The van der Waals surface area contributed by atoms with Crippen molar-refractivity contribution in [3.63, 3.8) is 0 Å². The highest BCUT2D eigenvalue weighted by atomic mass is 16.6. The van der Waals surface area contributed by atoms with Crippen LogP contribution in [0.5, 0.6) is 0 Å². The predicted molar refractivity (Wildman–Crippen MR) is 79.5 cm³/mol. The first-order chi connectivity index (χ1) is 9.96. The molecule has 1 aromatic rings. The summed E-state index contributed by atoms with van der Waals surface area (Å²) in [6.45, 7) is 1.75. The molecule has 0 saturated heterocycles. The molecule has 0 amide bonds. The molecule has 0 unspecified atom stereocenters. The first-order valence-corrected chi connectivity index (χ1v) is 7.22. The van der Waals surface area contributed by atoms with E-state index < -0.39 is 16.4 Å². The van der Waals surface area contributed by atoms with Crippen LogP contribution in [0, 0.1) is 17.0 Å². The second kappa shape index (κ2) is 6.11. The molecule has 1 aliphatic rings. The molecule has 21 heavy (non-hydrogen) atoms. The highest BCUT2D eigenvalue weighted by Gasteiger charge is 2.40. The maximum absolute atomic E-state index is 11.8. The molecule has 6 nitrogen and oxygen atoms in total. The Labute approximate surface area is 123 Å². The van der Waals surface area contributed by atoms with Crippen LogP contribution in [0.3, 0.4) is 0 Å². The van der Waals surface area contributed by atoms with E-state index in [0.29, 0.717) is 24.1 Å². The quantitative estimate of drug-likeness (QED) is 0.503. The van der Waals surface area contributed by atoms with Gasteiger partial charge in [-0.2, -0.15) is 0 Å². The van der Waals surface area contributed by atoms with Gasteiger partial charge in [-0.15, -0.1) is 0 Å². The van der Waals surface area contributed by atoms with Crippen molar-refractivity contribution in [1.82, 2.24) is 0 Å². The van der Waals surface area contributed by atoms with Crippen LogP contribution in [0.15, 0.2) is 18.2 Å². The number of para-hydroxylation sites is 1. The molecule has 2 rings (SSSR count). The molecule has 1 aromatic carbocycles. The minimum absolute atomic E-state index is 0.0696. The average molecular weight is 292 g/mol. The Morgan fingerprint density at radius 2 is 1.90 bits per heavy atom. The third kappa shape index (κ3) is 3.15. The Kier molecular flexibility index (Phi) is 4.45. The van der Waals surface area contributed by atoms with Crippen molar-refractivity contribution in [2.24, 2.45) is 0 Å². The van der Waals surface area contributed by atoms with E-state index in [9.17, 15) is 20.0 Å². The Hall–Kier alpha value is -2.11. The number of aliphatic carboxylic acids is 1. The number of anilines is 1. The molecule has 0 spiro atoms. The third-order valence-corrected chi connectivity index (χ3v) is 4.18. The Morgan fingerprint density at radius 3 is 2.43 bits per heavy atom. The number of nitrogens with one attached hydrogen (secondary N) is 1. The lowest BCUT2D eigenvalue weighted by molar-refractivity contribution is -0.384. The summed E-state index contributed by atoms with van der Waals surface area (Å²) in [7, 11) is 0. The van der Waals surface area contributed by atoms with Crippen LogP contribution < -0.4 is 5.32 Å². The average Bonchev–Trinajstić information content (AvgIpc) is 2.67. The molecule has 114 valence electrons. The summed E-state index contributed by atoms with van der Waals surface area (Å²) in [5.41, 5.74) is -0.159. The van der Waals surface area contributed by atoms with E-state index in [2.05, 4.69) is 5.32 Å². The lowest BCUT2D eigenvalue weighted by Gasteiger charge is -2.30. The van der Waals surface area contributed by atoms with Gasteiger partial charge in [-0.05, 0) is 25.3 Å². The number of nitro benzene ring substituents is 1. The van der Waals surface area contributed by atoms with Crippen molar-refractivity contribution in [3.8, 4) is 0 Å². The number of carboxylic acids is 1. The van der Waals surface area contributed by atoms with Crippen LogP contribution in [-0.4, -0.2) is 21.5 Å². The summed E-state index contributed by atoms with van der Waals surface area (Å²) in [6.07, 6.45) is 4.64. The Morgan fingerprint density at radius 1 is 1.29 bits per heavy atom. The van der Waals surface area contributed by atoms with Gasteiger partial charge in [0.1, 0.15) is 11.2 Å². The van der Waals surface area contributed by atoms with Crippen molar-refractivity contribution in [2.75, 3.05) is 5.32 Å². The topological polar surface area (TPSA) is 92.5 Å². The van der Waals surface area contributed by atoms with E-state index in [1.165, 1.54) is 6.07 Å².